The van der Waals surface area contributed by atoms with Crippen molar-refractivity contribution in [3.05, 3.63) is 41.0 Å². The number of hydrogen-bond donors (Lipinski definition) is 0. The van der Waals surface area contributed by atoms with Crippen LogP contribution in [-0.2, 0) is 0 Å². The first-order chi connectivity index (χ1) is 15.2. The molecule has 0 aliphatic rings. The van der Waals surface area contributed by atoms with Crippen molar-refractivity contribution in [1.82, 2.24) is 0 Å². The zero-order valence-electron chi connectivity index (χ0n) is 19.4. The fraction of sp³-hybridized carbons (Fsp3) is 0.375. The Bertz CT molecular complexity index is 1020. The maximum absolute atomic E-state index is 13.1. The average molecular weight is 444 g/mol. The number of esters is 1. The molecule has 2 rings (SSSR count). The Balaban J connectivity index is 2.72. The minimum absolute atomic E-state index is 0.00743. The standard InChI is InChI=1S/C24H28O8/c1-13(2)10-17(26)22-20(31-7)12-19(30-6)21(14(3)25)23(22)32-24(27)16-9-8-15(28-4)11-18(16)29-5/h8-9,11-13H,10H2,1-7H3. The molecule has 32 heavy (non-hydrogen) atoms. The van der Waals surface area contributed by atoms with Crippen molar-refractivity contribution in [2.45, 2.75) is 27.2 Å². The average Bonchev–Trinajstić information content (AvgIpc) is 2.76. The Kier molecular flexibility index (Phi) is 8.23. The summed E-state index contributed by atoms with van der Waals surface area (Å²) < 4.78 is 26.8. The summed E-state index contributed by atoms with van der Waals surface area (Å²) in [5.74, 6) is -0.799. The molecule has 0 saturated heterocycles. The van der Waals surface area contributed by atoms with Crippen LogP contribution in [0, 0.1) is 5.92 Å². The van der Waals surface area contributed by atoms with Crippen molar-refractivity contribution >= 4 is 17.5 Å². The second-order valence-corrected chi connectivity index (χ2v) is 7.39. The van der Waals surface area contributed by atoms with Crippen molar-refractivity contribution in [3.8, 4) is 28.7 Å². The number of ketones is 2. The largest absolute Gasteiger partial charge is 0.497 e. The molecule has 0 radical (unpaired) electrons. The SMILES string of the molecule is COc1ccc(C(=O)Oc2c(C(C)=O)c(OC)cc(OC)c2C(=O)CC(C)C)c(OC)c1. The van der Waals surface area contributed by atoms with E-state index in [4.69, 9.17) is 23.7 Å². The molecule has 0 N–H and O–H groups in total. The van der Waals surface area contributed by atoms with Gasteiger partial charge in [-0.2, -0.15) is 0 Å². The zero-order chi connectivity index (χ0) is 24.0. The van der Waals surface area contributed by atoms with E-state index in [0.29, 0.717) is 5.75 Å². The molecule has 8 heteroatoms. The number of carbonyl (C=O) groups is 3. The van der Waals surface area contributed by atoms with Crippen LogP contribution in [0.15, 0.2) is 24.3 Å². The third kappa shape index (κ3) is 5.19. The smallest absolute Gasteiger partial charge is 0.347 e. The summed E-state index contributed by atoms with van der Waals surface area (Å²) in [7, 11) is 5.64. The van der Waals surface area contributed by atoms with Gasteiger partial charge in [-0.1, -0.05) is 13.8 Å². The van der Waals surface area contributed by atoms with Crippen LogP contribution >= 0.6 is 0 Å². The highest BCUT2D eigenvalue weighted by Crippen LogP contribution is 2.41. The van der Waals surface area contributed by atoms with Crippen LogP contribution in [0.2, 0.25) is 0 Å². The van der Waals surface area contributed by atoms with Crippen molar-refractivity contribution in [1.29, 1.82) is 0 Å². The number of rotatable bonds is 10. The van der Waals surface area contributed by atoms with Crippen LogP contribution in [0.3, 0.4) is 0 Å². The summed E-state index contributed by atoms with van der Waals surface area (Å²) in [6, 6.07) is 6.01. The summed E-state index contributed by atoms with van der Waals surface area (Å²) in [6.45, 7) is 5.06. The fourth-order valence-corrected chi connectivity index (χ4v) is 3.22. The molecule has 0 saturated carbocycles. The molecule has 0 bridgehead atoms. The predicted molar refractivity (Wildman–Crippen MR) is 118 cm³/mol. The van der Waals surface area contributed by atoms with Crippen molar-refractivity contribution < 1.29 is 38.1 Å². The van der Waals surface area contributed by atoms with Crippen LogP contribution in [0.4, 0.5) is 0 Å². The van der Waals surface area contributed by atoms with Gasteiger partial charge in [0.2, 0.25) is 0 Å². The summed E-state index contributed by atoms with van der Waals surface area (Å²) in [5, 5.41) is 0. The Morgan fingerprint density at radius 2 is 1.41 bits per heavy atom. The number of carbonyl (C=O) groups excluding carboxylic acids is 3. The lowest BCUT2D eigenvalue weighted by Gasteiger charge is -2.19. The Labute approximate surface area is 187 Å². The van der Waals surface area contributed by atoms with Gasteiger partial charge >= 0.3 is 5.97 Å². The van der Waals surface area contributed by atoms with Crippen molar-refractivity contribution in [2.75, 3.05) is 28.4 Å². The minimum atomic E-state index is -0.819. The van der Waals surface area contributed by atoms with Gasteiger partial charge in [0, 0.05) is 18.6 Å². The summed E-state index contributed by atoms with van der Waals surface area (Å²) in [5.41, 5.74) is 0.0705. The van der Waals surface area contributed by atoms with Crippen LogP contribution in [-0.4, -0.2) is 46.0 Å². The number of methoxy groups -OCH3 is 4. The van der Waals surface area contributed by atoms with E-state index in [1.165, 1.54) is 53.6 Å². The summed E-state index contributed by atoms with van der Waals surface area (Å²) >= 11 is 0. The highest BCUT2D eigenvalue weighted by molar-refractivity contribution is 6.10. The van der Waals surface area contributed by atoms with Gasteiger partial charge in [-0.05, 0) is 25.0 Å². The minimum Gasteiger partial charge on any atom is -0.497 e. The molecule has 172 valence electrons. The van der Waals surface area contributed by atoms with Gasteiger partial charge in [0.05, 0.1) is 28.4 Å². The van der Waals surface area contributed by atoms with Gasteiger partial charge in [-0.25, -0.2) is 4.79 Å². The predicted octanol–water partition coefficient (Wildman–Crippen LogP) is 4.37. The first kappa shape index (κ1) is 24.7. The Morgan fingerprint density at radius 1 is 0.812 bits per heavy atom. The number of benzene rings is 2. The number of ether oxygens (including phenoxy) is 5. The van der Waals surface area contributed by atoms with Gasteiger partial charge in [-0.15, -0.1) is 0 Å². The lowest BCUT2D eigenvalue weighted by molar-refractivity contribution is 0.0726. The summed E-state index contributed by atoms with van der Waals surface area (Å²) in [6.07, 6.45) is 0.163. The monoisotopic (exact) mass is 444 g/mol. The molecular weight excluding hydrogens is 416 g/mol. The topological polar surface area (TPSA) is 97.4 Å². The van der Waals surface area contributed by atoms with E-state index in [1.807, 2.05) is 13.8 Å². The molecule has 0 aliphatic carbocycles. The first-order valence-corrected chi connectivity index (χ1v) is 9.95. The zero-order valence-corrected chi connectivity index (χ0v) is 19.4. The van der Waals surface area contributed by atoms with Crippen LogP contribution in [0.25, 0.3) is 0 Å². The molecule has 0 heterocycles. The van der Waals surface area contributed by atoms with Crippen LogP contribution in [0.1, 0.15) is 58.3 Å². The molecule has 0 fully saturated rings. The van der Waals surface area contributed by atoms with Crippen molar-refractivity contribution in [3.63, 3.8) is 0 Å². The highest BCUT2D eigenvalue weighted by Gasteiger charge is 2.30. The molecule has 0 aromatic heterocycles. The Hall–Kier alpha value is -3.55. The molecule has 0 atom stereocenters. The maximum atomic E-state index is 13.1. The molecular formula is C24H28O8. The highest BCUT2D eigenvalue weighted by atomic mass is 16.5. The van der Waals surface area contributed by atoms with E-state index < -0.39 is 11.8 Å². The van der Waals surface area contributed by atoms with E-state index in [0.717, 1.165) is 0 Å². The van der Waals surface area contributed by atoms with Gasteiger partial charge in [-0.3, -0.25) is 9.59 Å². The normalized spacial score (nSPS) is 10.5. The van der Waals surface area contributed by atoms with Crippen LogP contribution < -0.4 is 23.7 Å². The van der Waals surface area contributed by atoms with Gasteiger partial charge in [0.25, 0.3) is 0 Å². The van der Waals surface area contributed by atoms with Crippen molar-refractivity contribution in [2.24, 2.45) is 5.92 Å². The third-order valence-electron chi connectivity index (χ3n) is 4.70. The van der Waals surface area contributed by atoms with E-state index in [1.54, 1.807) is 6.07 Å². The fourth-order valence-electron chi connectivity index (χ4n) is 3.22. The van der Waals surface area contributed by atoms with Gasteiger partial charge < -0.3 is 23.7 Å². The van der Waals surface area contributed by atoms with E-state index >= 15 is 0 Å². The molecule has 0 spiro atoms. The third-order valence-corrected chi connectivity index (χ3v) is 4.70. The van der Waals surface area contributed by atoms with Gasteiger partial charge in [0.15, 0.2) is 17.3 Å². The second-order valence-electron chi connectivity index (χ2n) is 7.39. The lowest BCUT2D eigenvalue weighted by atomic mass is 9.95. The van der Waals surface area contributed by atoms with Crippen LogP contribution in [0.5, 0.6) is 28.7 Å². The summed E-state index contributed by atoms with van der Waals surface area (Å²) in [4.78, 5) is 38.7. The number of hydrogen-bond acceptors (Lipinski definition) is 8. The Morgan fingerprint density at radius 3 is 1.91 bits per heavy atom. The molecule has 0 aliphatic heterocycles. The molecule has 0 amide bonds. The molecule has 2 aromatic carbocycles. The number of Topliss-reactive ketones (excluding diaryl/α,β-unsaturated/α-hetero) is 2. The first-order valence-electron chi connectivity index (χ1n) is 9.95. The second kappa shape index (κ2) is 10.7. The van der Waals surface area contributed by atoms with Gasteiger partial charge in [0.1, 0.15) is 39.7 Å². The molecule has 8 nitrogen and oxygen atoms in total. The molecule has 0 unspecified atom stereocenters. The lowest BCUT2D eigenvalue weighted by Crippen LogP contribution is -2.17. The quantitative estimate of drug-likeness (QED) is 0.303. The molecule has 2 aromatic rings. The van der Waals surface area contributed by atoms with E-state index in [2.05, 4.69) is 0 Å². The van der Waals surface area contributed by atoms with E-state index in [-0.39, 0.29) is 57.8 Å². The van der Waals surface area contributed by atoms with E-state index in [9.17, 15) is 14.4 Å². The maximum Gasteiger partial charge on any atom is 0.347 e.